The lowest BCUT2D eigenvalue weighted by Gasteiger charge is -2.12. The van der Waals surface area contributed by atoms with Crippen molar-refractivity contribution in [3.8, 4) is 0 Å². The van der Waals surface area contributed by atoms with Gasteiger partial charge in [-0.05, 0) is 43.9 Å². The topological polar surface area (TPSA) is 104 Å². The highest BCUT2D eigenvalue weighted by molar-refractivity contribution is 6.05. The van der Waals surface area contributed by atoms with Crippen LogP contribution in [-0.2, 0) is 6.54 Å². The van der Waals surface area contributed by atoms with Gasteiger partial charge >= 0.3 is 0 Å². The van der Waals surface area contributed by atoms with Gasteiger partial charge in [0.2, 0.25) is 0 Å². The Bertz CT molecular complexity index is 1020. The van der Waals surface area contributed by atoms with E-state index in [4.69, 9.17) is 0 Å². The maximum Gasteiger partial charge on any atom is 0.253 e. The van der Waals surface area contributed by atoms with Crippen LogP contribution in [0.1, 0.15) is 59.1 Å². The first-order chi connectivity index (χ1) is 12.4. The molecule has 0 aliphatic carbocycles. The lowest BCUT2D eigenvalue weighted by molar-refractivity contribution is 0.0952. The molecule has 1 amide bonds. The van der Waals surface area contributed by atoms with Crippen molar-refractivity contribution < 1.29 is 4.79 Å². The fourth-order valence-corrected chi connectivity index (χ4v) is 2.96. The molecule has 136 valence electrons. The minimum atomic E-state index is -0.247. The second kappa shape index (κ2) is 7.11. The number of aromatic nitrogens is 4. The number of pyridine rings is 2. The van der Waals surface area contributed by atoms with Crippen LogP contribution in [0.2, 0.25) is 0 Å². The molecule has 3 rings (SSSR count). The third-order valence-electron chi connectivity index (χ3n) is 4.72. The van der Waals surface area contributed by atoms with E-state index in [1.165, 1.54) is 0 Å². The monoisotopic (exact) mass is 353 g/mol. The van der Waals surface area contributed by atoms with Crippen LogP contribution in [-0.4, -0.2) is 26.1 Å². The Kier molecular flexibility index (Phi) is 4.88. The number of carbonyl (C=O) groups is 1. The summed E-state index contributed by atoms with van der Waals surface area (Å²) in [5, 5.41) is 10.4. The molecule has 3 aromatic heterocycles. The van der Waals surface area contributed by atoms with Gasteiger partial charge in [0.1, 0.15) is 0 Å². The van der Waals surface area contributed by atoms with Crippen LogP contribution in [0.4, 0.5) is 0 Å². The van der Waals surface area contributed by atoms with Gasteiger partial charge < -0.3 is 10.3 Å². The summed E-state index contributed by atoms with van der Waals surface area (Å²) in [6.45, 7) is 8.02. The van der Waals surface area contributed by atoms with Crippen molar-refractivity contribution in [2.24, 2.45) is 0 Å². The van der Waals surface area contributed by atoms with E-state index in [-0.39, 0.29) is 23.9 Å². The standard InChI is InChI=1S/C19H23N5O2/c1-5-10(2)16-7-13(15-9-21-24-17(15)23-16)18(25)20-8-14-11(3)6-12(4)22-19(14)26/h6-7,9-10H,5,8H2,1-4H3,(H,20,25)(H,22,26)(H,21,23,24). The molecule has 26 heavy (non-hydrogen) atoms. The number of rotatable bonds is 5. The summed E-state index contributed by atoms with van der Waals surface area (Å²) in [5.41, 5.74) is 4.00. The normalized spacial score (nSPS) is 12.3. The highest BCUT2D eigenvalue weighted by atomic mass is 16.1. The molecular formula is C19H23N5O2. The zero-order valence-corrected chi connectivity index (χ0v) is 15.4. The summed E-state index contributed by atoms with van der Waals surface area (Å²) >= 11 is 0. The lowest BCUT2D eigenvalue weighted by Crippen LogP contribution is -2.28. The number of fused-ring (bicyclic) bond motifs is 1. The van der Waals surface area contributed by atoms with E-state index >= 15 is 0 Å². The average molecular weight is 353 g/mol. The van der Waals surface area contributed by atoms with Gasteiger partial charge in [0, 0.05) is 23.5 Å². The second-order valence-corrected chi connectivity index (χ2v) is 6.66. The molecule has 0 fully saturated rings. The van der Waals surface area contributed by atoms with E-state index < -0.39 is 0 Å². The molecule has 7 heteroatoms. The molecule has 0 radical (unpaired) electrons. The Morgan fingerprint density at radius 2 is 2.08 bits per heavy atom. The molecule has 0 aliphatic rings. The third-order valence-corrected chi connectivity index (χ3v) is 4.72. The summed E-state index contributed by atoms with van der Waals surface area (Å²) in [6.07, 6.45) is 2.52. The van der Waals surface area contributed by atoms with Crippen LogP contribution in [0.5, 0.6) is 0 Å². The van der Waals surface area contributed by atoms with Gasteiger partial charge in [-0.25, -0.2) is 4.98 Å². The number of nitrogens with zero attached hydrogens (tertiary/aromatic N) is 2. The summed E-state index contributed by atoms with van der Waals surface area (Å²) in [4.78, 5) is 32.2. The predicted molar refractivity (Wildman–Crippen MR) is 100 cm³/mol. The van der Waals surface area contributed by atoms with Crippen LogP contribution in [0.15, 0.2) is 23.1 Å². The molecule has 7 nitrogen and oxygen atoms in total. The van der Waals surface area contributed by atoms with Gasteiger partial charge in [-0.15, -0.1) is 0 Å². The molecule has 3 aromatic rings. The first-order valence-corrected chi connectivity index (χ1v) is 8.72. The number of hydrogen-bond donors (Lipinski definition) is 3. The van der Waals surface area contributed by atoms with E-state index in [0.29, 0.717) is 22.2 Å². The van der Waals surface area contributed by atoms with Crippen LogP contribution >= 0.6 is 0 Å². The van der Waals surface area contributed by atoms with Crippen molar-refractivity contribution in [3.63, 3.8) is 0 Å². The smallest absolute Gasteiger partial charge is 0.253 e. The molecule has 0 bridgehead atoms. The summed E-state index contributed by atoms with van der Waals surface area (Å²) in [6, 6.07) is 3.71. The van der Waals surface area contributed by atoms with E-state index in [1.807, 2.05) is 26.0 Å². The molecule has 0 saturated heterocycles. The fourth-order valence-electron chi connectivity index (χ4n) is 2.96. The van der Waals surface area contributed by atoms with Crippen molar-refractivity contribution in [2.75, 3.05) is 0 Å². The van der Waals surface area contributed by atoms with Crippen LogP contribution < -0.4 is 10.9 Å². The van der Waals surface area contributed by atoms with Crippen LogP contribution in [0.3, 0.4) is 0 Å². The molecular weight excluding hydrogens is 330 g/mol. The SMILES string of the molecule is CCC(C)c1cc(C(=O)NCc2c(C)cc(C)[nH]c2=O)c2cn[nH]c2n1. The van der Waals surface area contributed by atoms with Gasteiger partial charge in [-0.1, -0.05) is 13.8 Å². The number of aryl methyl sites for hydroxylation is 2. The molecule has 0 saturated carbocycles. The Balaban J connectivity index is 1.91. The van der Waals surface area contributed by atoms with Gasteiger partial charge in [0.15, 0.2) is 5.65 Å². The van der Waals surface area contributed by atoms with Crippen molar-refractivity contribution in [1.82, 2.24) is 25.5 Å². The van der Waals surface area contributed by atoms with Gasteiger partial charge in [0.25, 0.3) is 11.5 Å². The van der Waals surface area contributed by atoms with Crippen molar-refractivity contribution >= 4 is 16.9 Å². The van der Waals surface area contributed by atoms with E-state index in [1.54, 1.807) is 6.20 Å². The highest BCUT2D eigenvalue weighted by Gasteiger charge is 2.17. The first-order valence-electron chi connectivity index (χ1n) is 8.72. The Morgan fingerprint density at radius 3 is 2.77 bits per heavy atom. The molecule has 3 heterocycles. The molecule has 0 spiro atoms. The van der Waals surface area contributed by atoms with Crippen LogP contribution in [0.25, 0.3) is 11.0 Å². The fraction of sp³-hybridized carbons (Fsp3) is 0.368. The van der Waals surface area contributed by atoms with Gasteiger partial charge in [-0.3, -0.25) is 14.7 Å². The first kappa shape index (κ1) is 17.8. The molecule has 3 N–H and O–H groups in total. The number of aromatic amines is 2. The summed E-state index contributed by atoms with van der Waals surface area (Å²) in [7, 11) is 0. The molecule has 1 unspecified atom stereocenters. The predicted octanol–water partition coefficient (Wildman–Crippen LogP) is 2.71. The molecule has 0 aromatic carbocycles. The van der Waals surface area contributed by atoms with Gasteiger partial charge in [-0.2, -0.15) is 5.10 Å². The number of amides is 1. The lowest BCUT2D eigenvalue weighted by atomic mass is 10.0. The Labute approximate surface area is 151 Å². The Morgan fingerprint density at radius 1 is 1.31 bits per heavy atom. The number of nitrogens with one attached hydrogen (secondary N) is 3. The van der Waals surface area contributed by atoms with E-state index in [2.05, 4.69) is 39.3 Å². The molecule has 0 aliphatic heterocycles. The van der Waals surface area contributed by atoms with Crippen molar-refractivity contribution in [2.45, 2.75) is 46.6 Å². The maximum atomic E-state index is 12.8. The van der Waals surface area contributed by atoms with E-state index in [0.717, 1.165) is 23.4 Å². The van der Waals surface area contributed by atoms with Gasteiger partial charge in [0.05, 0.1) is 17.1 Å². The van der Waals surface area contributed by atoms with Crippen molar-refractivity contribution in [3.05, 3.63) is 56.8 Å². The molecule has 1 atom stereocenters. The zero-order valence-electron chi connectivity index (χ0n) is 15.4. The zero-order chi connectivity index (χ0) is 18.8. The van der Waals surface area contributed by atoms with Crippen molar-refractivity contribution in [1.29, 1.82) is 0 Å². The highest BCUT2D eigenvalue weighted by Crippen LogP contribution is 2.23. The third kappa shape index (κ3) is 3.37. The second-order valence-electron chi connectivity index (χ2n) is 6.66. The minimum Gasteiger partial charge on any atom is -0.348 e. The number of hydrogen-bond acceptors (Lipinski definition) is 4. The maximum absolute atomic E-state index is 12.8. The number of carbonyl (C=O) groups excluding carboxylic acids is 1. The summed E-state index contributed by atoms with van der Waals surface area (Å²) in [5.74, 6) is -0.0147. The largest absolute Gasteiger partial charge is 0.348 e. The Hall–Kier alpha value is -2.96. The quantitative estimate of drug-likeness (QED) is 0.656. The number of H-pyrrole nitrogens is 2. The summed E-state index contributed by atoms with van der Waals surface area (Å²) < 4.78 is 0. The van der Waals surface area contributed by atoms with Crippen LogP contribution in [0, 0.1) is 13.8 Å². The average Bonchev–Trinajstić information content (AvgIpc) is 3.07. The minimum absolute atomic E-state index is 0.167. The van der Waals surface area contributed by atoms with E-state index in [9.17, 15) is 9.59 Å².